The van der Waals surface area contributed by atoms with Crippen LogP contribution in [0.5, 0.6) is 0 Å². The van der Waals surface area contributed by atoms with Crippen molar-refractivity contribution in [2.45, 2.75) is 47.1 Å². The number of pyridine rings is 1. The number of nitrogens with one attached hydrogen (secondary N) is 1. The molecule has 3 aromatic rings. The highest BCUT2D eigenvalue weighted by molar-refractivity contribution is 5.85. The first-order valence-corrected chi connectivity index (χ1v) is 9.42. The van der Waals surface area contributed by atoms with Crippen LogP contribution in [0.2, 0.25) is 0 Å². The summed E-state index contributed by atoms with van der Waals surface area (Å²) in [5.74, 6) is -0.171. The van der Waals surface area contributed by atoms with Crippen LogP contribution in [0.15, 0.2) is 35.1 Å². The van der Waals surface area contributed by atoms with E-state index in [1.54, 1.807) is 10.7 Å². The van der Waals surface area contributed by atoms with Crippen LogP contribution in [0.3, 0.4) is 0 Å². The second kappa shape index (κ2) is 7.78. The Bertz CT molecular complexity index is 1030. The van der Waals surface area contributed by atoms with Crippen LogP contribution >= 0.6 is 0 Å². The molecule has 3 rings (SSSR count). The van der Waals surface area contributed by atoms with Crippen LogP contribution in [-0.4, -0.2) is 26.8 Å². The quantitative estimate of drug-likeness (QED) is 0.729. The van der Waals surface area contributed by atoms with Gasteiger partial charge in [0.2, 0.25) is 5.91 Å². The molecule has 0 aliphatic rings. The largest absolute Gasteiger partial charge is 0.355 e. The number of hydrogen-bond acceptors (Lipinski definition) is 3. The number of rotatable bonds is 6. The van der Waals surface area contributed by atoms with Crippen molar-refractivity contribution in [2.75, 3.05) is 6.54 Å². The van der Waals surface area contributed by atoms with Crippen molar-refractivity contribution in [1.29, 1.82) is 0 Å². The molecule has 0 fully saturated rings. The summed E-state index contributed by atoms with van der Waals surface area (Å²) in [7, 11) is 0. The minimum absolute atomic E-state index is 0.0200. The maximum atomic E-state index is 12.7. The Labute approximate surface area is 158 Å². The number of nitrogens with zero attached hydrogens (tertiary/aromatic N) is 3. The number of aryl methyl sites for hydroxylation is 3. The lowest BCUT2D eigenvalue weighted by Gasteiger charge is -2.12. The smallest absolute Gasteiger partial charge is 0.252 e. The summed E-state index contributed by atoms with van der Waals surface area (Å²) in [5.41, 5.74) is 4.28. The molecular formula is C21H26N4O2. The molecule has 0 spiro atoms. The highest BCUT2D eigenvalue weighted by Crippen LogP contribution is 2.24. The lowest BCUT2D eigenvalue weighted by Crippen LogP contribution is -2.33. The van der Waals surface area contributed by atoms with Crippen molar-refractivity contribution in [3.63, 3.8) is 0 Å². The molecule has 6 nitrogen and oxygen atoms in total. The van der Waals surface area contributed by atoms with Crippen molar-refractivity contribution in [3.8, 4) is 5.69 Å². The molecule has 2 aromatic heterocycles. The molecule has 0 saturated carbocycles. The predicted octanol–water partition coefficient (Wildman–Crippen LogP) is 2.89. The molecule has 0 unspecified atom stereocenters. The summed E-state index contributed by atoms with van der Waals surface area (Å²) >= 11 is 0. The summed E-state index contributed by atoms with van der Waals surface area (Å²) in [6.45, 7) is 8.52. The van der Waals surface area contributed by atoms with Crippen LogP contribution in [0.4, 0.5) is 0 Å². The summed E-state index contributed by atoms with van der Waals surface area (Å²) < 4.78 is 3.28. The molecule has 0 saturated heterocycles. The number of carbonyl (C=O) groups is 1. The van der Waals surface area contributed by atoms with Gasteiger partial charge in [-0.05, 0) is 49.9 Å². The van der Waals surface area contributed by atoms with E-state index in [1.807, 2.05) is 32.9 Å². The molecule has 0 aliphatic carbocycles. The van der Waals surface area contributed by atoms with Crippen molar-refractivity contribution in [3.05, 3.63) is 57.5 Å². The third-order valence-corrected chi connectivity index (χ3v) is 4.76. The second-order valence-corrected chi connectivity index (χ2v) is 6.82. The Hall–Kier alpha value is -2.89. The van der Waals surface area contributed by atoms with Crippen molar-refractivity contribution in [2.24, 2.45) is 0 Å². The molecule has 0 radical (unpaired) electrons. The van der Waals surface area contributed by atoms with E-state index in [4.69, 9.17) is 0 Å². The molecule has 0 atom stereocenters. The first-order valence-electron chi connectivity index (χ1n) is 9.42. The van der Waals surface area contributed by atoms with Gasteiger partial charge in [-0.15, -0.1) is 0 Å². The Morgan fingerprint density at radius 2 is 1.85 bits per heavy atom. The van der Waals surface area contributed by atoms with Gasteiger partial charge in [0.25, 0.3) is 5.56 Å². The number of amides is 1. The monoisotopic (exact) mass is 366 g/mol. The molecular weight excluding hydrogens is 340 g/mol. The van der Waals surface area contributed by atoms with Crippen molar-refractivity contribution in [1.82, 2.24) is 19.7 Å². The molecule has 1 N–H and O–H groups in total. The Kier molecular flexibility index (Phi) is 5.44. The molecule has 0 bridgehead atoms. The van der Waals surface area contributed by atoms with Crippen LogP contribution in [0.1, 0.15) is 37.1 Å². The summed E-state index contributed by atoms with van der Waals surface area (Å²) in [6.07, 6.45) is 1.81. The fourth-order valence-corrected chi connectivity index (χ4v) is 3.34. The third kappa shape index (κ3) is 3.65. The van der Waals surface area contributed by atoms with E-state index in [0.717, 1.165) is 35.2 Å². The van der Waals surface area contributed by atoms with Crippen LogP contribution < -0.4 is 10.9 Å². The van der Waals surface area contributed by atoms with Gasteiger partial charge in [-0.1, -0.05) is 26.0 Å². The van der Waals surface area contributed by atoms with E-state index >= 15 is 0 Å². The SMILES string of the molecule is CCCNC(=O)Cn1c(=O)cc(C)c2c(C)nn(-c3ccc(CC)cc3)c21. The summed E-state index contributed by atoms with van der Waals surface area (Å²) in [4.78, 5) is 25.0. The summed E-state index contributed by atoms with van der Waals surface area (Å²) in [5, 5.41) is 8.43. The second-order valence-electron chi connectivity index (χ2n) is 6.82. The molecule has 142 valence electrons. The van der Waals surface area contributed by atoms with Crippen molar-refractivity contribution < 1.29 is 4.79 Å². The molecule has 2 heterocycles. The first kappa shape index (κ1) is 18.9. The normalized spacial score (nSPS) is 11.1. The molecule has 0 aliphatic heterocycles. The van der Waals surface area contributed by atoms with Gasteiger partial charge in [0.15, 0.2) is 0 Å². The Balaban J connectivity index is 2.19. The van der Waals surface area contributed by atoms with Gasteiger partial charge >= 0.3 is 0 Å². The average Bonchev–Trinajstić information content (AvgIpc) is 3.01. The van der Waals surface area contributed by atoms with E-state index in [1.165, 1.54) is 10.1 Å². The number of aromatic nitrogens is 3. The van der Waals surface area contributed by atoms with Gasteiger partial charge in [0.05, 0.1) is 11.4 Å². The number of hydrogen-bond donors (Lipinski definition) is 1. The van der Waals surface area contributed by atoms with E-state index < -0.39 is 0 Å². The minimum atomic E-state index is -0.196. The van der Waals surface area contributed by atoms with E-state index in [-0.39, 0.29) is 18.0 Å². The van der Waals surface area contributed by atoms with Gasteiger partial charge in [-0.2, -0.15) is 5.10 Å². The van der Waals surface area contributed by atoms with Crippen LogP contribution in [0.25, 0.3) is 16.7 Å². The van der Waals surface area contributed by atoms with Gasteiger partial charge in [-0.25, -0.2) is 4.68 Å². The molecule has 1 aromatic carbocycles. The molecule has 1 amide bonds. The van der Waals surface area contributed by atoms with E-state index in [9.17, 15) is 9.59 Å². The fourth-order valence-electron chi connectivity index (χ4n) is 3.34. The standard InChI is InChI=1S/C21H26N4O2/c1-5-11-22-18(26)13-24-19(27)12-14(3)20-15(4)23-25(21(20)24)17-9-7-16(6-2)8-10-17/h7-10,12H,5-6,11,13H2,1-4H3,(H,22,26). The average molecular weight is 366 g/mol. The first-order chi connectivity index (χ1) is 13.0. The lowest BCUT2D eigenvalue weighted by atomic mass is 10.1. The van der Waals surface area contributed by atoms with Gasteiger partial charge in [-0.3, -0.25) is 14.2 Å². The fraction of sp³-hybridized carbons (Fsp3) is 0.381. The van der Waals surface area contributed by atoms with Gasteiger partial charge in [0, 0.05) is 18.0 Å². The van der Waals surface area contributed by atoms with E-state index in [2.05, 4.69) is 29.5 Å². The topological polar surface area (TPSA) is 68.9 Å². The molecule has 6 heteroatoms. The highest BCUT2D eigenvalue weighted by atomic mass is 16.2. The number of benzene rings is 1. The maximum Gasteiger partial charge on any atom is 0.252 e. The van der Waals surface area contributed by atoms with Crippen LogP contribution in [-0.2, 0) is 17.8 Å². The Morgan fingerprint density at radius 3 is 2.48 bits per heavy atom. The Morgan fingerprint density at radius 1 is 1.15 bits per heavy atom. The zero-order chi connectivity index (χ0) is 19.6. The van der Waals surface area contributed by atoms with Crippen molar-refractivity contribution >= 4 is 16.9 Å². The summed E-state index contributed by atoms with van der Waals surface area (Å²) in [6, 6.07) is 9.70. The zero-order valence-electron chi connectivity index (χ0n) is 16.4. The van der Waals surface area contributed by atoms with Gasteiger partial charge < -0.3 is 5.32 Å². The zero-order valence-corrected chi connectivity index (χ0v) is 16.4. The van der Waals surface area contributed by atoms with Gasteiger partial charge in [0.1, 0.15) is 12.2 Å². The van der Waals surface area contributed by atoms with Crippen LogP contribution in [0, 0.1) is 13.8 Å². The third-order valence-electron chi connectivity index (χ3n) is 4.76. The maximum absolute atomic E-state index is 12.7. The molecule has 27 heavy (non-hydrogen) atoms. The van der Waals surface area contributed by atoms with E-state index in [0.29, 0.717) is 12.2 Å². The number of fused-ring (bicyclic) bond motifs is 1. The minimum Gasteiger partial charge on any atom is -0.355 e. The lowest BCUT2D eigenvalue weighted by molar-refractivity contribution is -0.121. The predicted molar refractivity (Wildman–Crippen MR) is 107 cm³/mol. The number of carbonyl (C=O) groups excluding carboxylic acids is 1. The highest BCUT2D eigenvalue weighted by Gasteiger charge is 2.18.